The SMILES string of the molecule is [C-]#[N+]C1=C[C@@]2(C)c3nn(C)c(-c4ccccc4)c3CC[C@@H]2[C@@H](C)C1=O. The summed E-state index contributed by atoms with van der Waals surface area (Å²) in [6.07, 6.45) is 3.75. The highest BCUT2D eigenvalue weighted by molar-refractivity contribution is 6.00. The Morgan fingerprint density at radius 3 is 2.72 bits per heavy atom. The van der Waals surface area contributed by atoms with Gasteiger partial charge in [0.05, 0.1) is 18.0 Å². The minimum atomic E-state index is -0.356. The third-order valence-electron chi connectivity index (χ3n) is 6.00. The molecule has 3 atom stereocenters. The summed E-state index contributed by atoms with van der Waals surface area (Å²) in [5, 5.41) is 4.87. The summed E-state index contributed by atoms with van der Waals surface area (Å²) in [4.78, 5) is 16.0. The molecule has 25 heavy (non-hydrogen) atoms. The monoisotopic (exact) mass is 331 g/mol. The Hall–Kier alpha value is -2.67. The minimum Gasteiger partial charge on any atom is -0.308 e. The summed E-state index contributed by atoms with van der Waals surface area (Å²) >= 11 is 0. The lowest BCUT2D eigenvalue weighted by atomic mass is 9.58. The molecule has 4 nitrogen and oxygen atoms in total. The zero-order chi connectivity index (χ0) is 17.8. The molecule has 2 aromatic rings. The van der Waals surface area contributed by atoms with Gasteiger partial charge in [-0.25, -0.2) is 4.85 Å². The lowest BCUT2D eigenvalue weighted by Gasteiger charge is -2.44. The summed E-state index contributed by atoms with van der Waals surface area (Å²) in [5.74, 6) is 0.0612. The molecule has 1 aromatic carbocycles. The highest BCUT2D eigenvalue weighted by Gasteiger charge is 2.50. The number of rotatable bonds is 1. The first-order valence-electron chi connectivity index (χ1n) is 8.73. The van der Waals surface area contributed by atoms with Gasteiger partial charge in [0, 0.05) is 29.5 Å². The van der Waals surface area contributed by atoms with Crippen LogP contribution in [0.1, 0.15) is 31.5 Å². The fraction of sp³-hybridized carbons (Fsp3) is 0.381. The molecule has 0 unspecified atom stereocenters. The van der Waals surface area contributed by atoms with Crippen molar-refractivity contribution in [3.8, 4) is 11.3 Å². The third-order valence-corrected chi connectivity index (χ3v) is 6.00. The number of benzene rings is 1. The van der Waals surface area contributed by atoms with Crippen LogP contribution in [0.15, 0.2) is 42.1 Å². The molecule has 0 saturated heterocycles. The van der Waals surface area contributed by atoms with E-state index >= 15 is 0 Å². The van der Waals surface area contributed by atoms with Crippen molar-refractivity contribution in [3.05, 3.63) is 64.8 Å². The summed E-state index contributed by atoms with van der Waals surface area (Å²) in [6.45, 7) is 11.5. The van der Waals surface area contributed by atoms with Gasteiger partial charge >= 0.3 is 0 Å². The van der Waals surface area contributed by atoms with Crippen LogP contribution >= 0.6 is 0 Å². The maximum absolute atomic E-state index is 12.5. The lowest BCUT2D eigenvalue weighted by Crippen LogP contribution is -2.45. The van der Waals surface area contributed by atoms with Crippen LogP contribution < -0.4 is 0 Å². The average Bonchev–Trinajstić information content (AvgIpc) is 2.96. The Balaban J connectivity index is 1.94. The van der Waals surface area contributed by atoms with E-state index in [-0.39, 0.29) is 28.7 Å². The second-order valence-corrected chi connectivity index (χ2v) is 7.39. The van der Waals surface area contributed by atoms with Crippen molar-refractivity contribution >= 4 is 5.78 Å². The van der Waals surface area contributed by atoms with Crippen molar-refractivity contribution in [2.75, 3.05) is 0 Å². The first kappa shape index (κ1) is 15.8. The number of allylic oxidation sites excluding steroid dienone is 2. The van der Waals surface area contributed by atoms with Gasteiger partial charge in [0.1, 0.15) is 0 Å². The van der Waals surface area contributed by atoms with Crippen LogP contribution in [0.25, 0.3) is 16.1 Å². The Morgan fingerprint density at radius 1 is 1.32 bits per heavy atom. The van der Waals surface area contributed by atoms with Crippen LogP contribution in [0, 0.1) is 18.4 Å². The van der Waals surface area contributed by atoms with Crippen LogP contribution in [-0.2, 0) is 23.7 Å². The molecular weight excluding hydrogens is 310 g/mol. The van der Waals surface area contributed by atoms with E-state index in [0.29, 0.717) is 0 Å². The number of hydrogen-bond donors (Lipinski definition) is 0. The number of fused-ring (bicyclic) bond motifs is 3. The first-order chi connectivity index (χ1) is 12.0. The molecule has 0 amide bonds. The van der Waals surface area contributed by atoms with Crippen molar-refractivity contribution in [2.45, 2.75) is 32.1 Å². The summed E-state index contributed by atoms with van der Waals surface area (Å²) < 4.78 is 1.96. The second-order valence-electron chi connectivity index (χ2n) is 7.39. The van der Waals surface area contributed by atoms with Gasteiger partial charge in [-0.1, -0.05) is 50.3 Å². The first-order valence-corrected chi connectivity index (χ1v) is 8.73. The quantitative estimate of drug-likeness (QED) is 0.743. The maximum Gasteiger partial charge on any atom is 0.226 e. The number of ketones is 1. The number of carbonyl (C=O) groups excluding carboxylic acids is 1. The number of aromatic nitrogens is 2. The maximum atomic E-state index is 12.5. The summed E-state index contributed by atoms with van der Waals surface area (Å²) in [5.41, 5.74) is 4.52. The fourth-order valence-electron chi connectivity index (χ4n) is 4.77. The second kappa shape index (κ2) is 5.42. The molecule has 0 spiro atoms. The molecule has 0 N–H and O–H groups in total. The van der Waals surface area contributed by atoms with Gasteiger partial charge in [-0.05, 0) is 18.8 Å². The predicted molar refractivity (Wildman–Crippen MR) is 96.7 cm³/mol. The molecule has 0 aliphatic heterocycles. The normalized spacial score (nSPS) is 27.9. The van der Waals surface area contributed by atoms with E-state index < -0.39 is 0 Å². The number of nitrogens with zero attached hydrogens (tertiary/aromatic N) is 3. The summed E-state index contributed by atoms with van der Waals surface area (Å²) in [6, 6.07) is 10.3. The van der Waals surface area contributed by atoms with Gasteiger partial charge in [0.25, 0.3) is 0 Å². The van der Waals surface area contributed by atoms with Crippen LogP contribution in [0.3, 0.4) is 0 Å². The van der Waals surface area contributed by atoms with Gasteiger partial charge in [-0.2, -0.15) is 5.10 Å². The highest BCUT2D eigenvalue weighted by Crippen LogP contribution is 2.51. The van der Waals surface area contributed by atoms with E-state index in [0.717, 1.165) is 29.8 Å². The topological polar surface area (TPSA) is 39.2 Å². The van der Waals surface area contributed by atoms with Gasteiger partial charge in [-0.15, -0.1) is 0 Å². The van der Waals surface area contributed by atoms with Crippen molar-refractivity contribution in [1.29, 1.82) is 0 Å². The minimum absolute atomic E-state index is 0.0138. The predicted octanol–water partition coefficient (Wildman–Crippen LogP) is 3.93. The van der Waals surface area contributed by atoms with Crippen molar-refractivity contribution < 1.29 is 4.79 Å². The molecule has 0 fully saturated rings. The van der Waals surface area contributed by atoms with E-state index in [1.54, 1.807) is 0 Å². The largest absolute Gasteiger partial charge is 0.308 e. The molecular formula is C21H21N3O. The zero-order valence-electron chi connectivity index (χ0n) is 14.8. The molecule has 0 saturated carbocycles. The van der Waals surface area contributed by atoms with Crippen LogP contribution in [0.2, 0.25) is 0 Å². The standard InChI is InChI=1S/C21H21N3O/c1-13-16-11-10-15-18(14-8-6-5-7-9-14)24(4)23-20(15)21(16,2)12-17(22-3)19(13)25/h5-9,12-13,16H,10-11H2,1-2,4H3/t13-,16-,21-/m1/s1. The van der Waals surface area contributed by atoms with Gasteiger partial charge < -0.3 is 4.79 Å². The molecule has 0 radical (unpaired) electrons. The summed E-state index contributed by atoms with van der Waals surface area (Å²) in [7, 11) is 1.98. The molecule has 4 heteroatoms. The number of Topliss-reactive ketones (excluding diaryl/α,β-unsaturated/α-hetero) is 1. The molecule has 0 bridgehead atoms. The van der Waals surface area contributed by atoms with E-state index in [1.165, 1.54) is 5.56 Å². The Bertz CT molecular complexity index is 932. The molecule has 1 heterocycles. The van der Waals surface area contributed by atoms with Crippen LogP contribution in [-0.4, -0.2) is 15.6 Å². The van der Waals surface area contributed by atoms with E-state index in [4.69, 9.17) is 11.7 Å². The van der Waals surface area contributed by atoms with Crippen LogP contribution in [0.4, 0.5) is 0 Å². The smallest absolute Gasteiger partial charge is 0.226 e. The number of hydrogen-bond acceptors (Lipinski definition) is 2. The van der Waals surface area contributed by atoms with Crippen molar-refractivity contribution in [2.24, 2.45) is 18.9 Å². The molecule has 4 rings (SSSR count). The van der Waals surface area contributed by atoms with Gasteiger partial charge in [0.2, 0.25) is 5.70 Å². The number of aryl methyl sites for hydroxylation is 1. The average molecular weight is 331 g/mol. The van der Waals surface area contributed by atoms with Gasteiger partial charge in [-0.3, -0.25) is 4.68 Å². The Kier molecular flexibility index (Phi) is 3.43. The molecule has 2 aliphatic carbocycles. The fourth-order valence-corrected chi connectivity index (χ4v) is 4.77. The van der Waals surface area contributed by atoms with E-state index in [1.807, 2.05) is 42.9 Å². The lowest BCUT2D eigenvalue weighted by molar-refractivity contribution is -0.121. The van der Waals surface area contributed by atoms with Crippen molar-refractivity contribution in [3.63, 3.8) is 0 Å². The molecule has 2 aliphatic rings. The molecule has 126 valence electrons. The van der Waals surface area contributed by atoms with Crippen LogP contribution in [0.5, 0.6) is 0 Å². The van der Waals surface area contributed by atoms with Gasteiger partial charge in [0.15, 0.2) is 5.78 Å². The number of carbonyl (C=O) groups is 1. The van der Waals surface area contributed by atoms with Crippen molar-refractivity contribution in [1.82, 2.24) is 9.78 Å². The zero-order valence-corrected chi connectivity index (χ0v) is 14.8. The Labute approximate surface area is 148 Å². The third kappa shape index (κ3) is 2.12. The highest BCUT2D eigenvalue weighted by atomic mass is 16.1. The Morgan fingerprint density at radius 2 is 2.04 bits per heavy atom. The molecule has 1 aromatic heterocycles. The van der Waals surface area contributed by atoms with E-state index in [2.05, 4.69) is 23.9 Å². The van der Waals surface area contributed by atoms with E-state index in [9.17, 15) is 4.79 Å².